The average molecular weight is 623 g/mol. The number of amides is 1. The molecular weight excluding hydrogens is 580 g/mol. The van der Waals surface area contributed by atoms with Gasteiger partial charge in [-0.1, -0.05) is 109 Å². The van der Waals surface area contributed by atoms with Gasteiger partial charge in [-0.05, 0) is 34.7 Å². The van der Waals surface area contributed by atoms with Gasteiger partial charge in [0.25, 0.3) is 5.91 Å². The number of rotatable bonds is 13. The highest BCUT2D eigenvalue weighted by Gasteiger charge is 2.33. The molecule has 8 heteroatoms. The molecule has 1 aliphatic heterocycles. The third-order valence-electron chi connectivity index (χ3n) is 8.01. The van der Waals surface area contributed by atoms with Gasteiger partial charge in [-0.3, -0.25) is 14.5 Å². The van der Waals surface area contributed by atoms with Crippen LogP contribution in [0.1, 0.15) is 66.0 Å². The van der Waals surface area contributed by atoms with E-state index < -0.39 is 18.4 Å². The molecule has 1 fully saturated rings. The Labute approximate surface area is 270 Å². The molecule has 4 atom stereocenters. The summed E-state index contributed by atoms with van der Waals surface area (Å²) in [6.45, 7) is 5.39. The van der Waals surface area contributed by atoms with Crippen LogP contribution >= 0.6 is 0 Å². The minimum absolute atomic E-state index is 0.0104. The molecule has 1 saturated heterocycles. The van der Waals surface area contributed by atoms with Crippen LogP contribution in [0.25, 0.3) is 0 Å². The lowest BCUT2D eigenvalue weighted by molar-refractivity contribution is -0.253. The number of nitrogens with one attached hydrogen (secondary N) is 1. The summed E-state index contributed by atoms with van der Waals surface area (Å²) in [6, 6.07) is 36.6. The molecule has 0 aliphatic carbocycles. The van der Waals surface area contributed by atoms with E-state index in [2.05, 4.69) is 58.7 Å². The average Bonchev–Trinajstić information content (AvgIpc) is 3.08. The van der Waals surface area contributed by atoms with Crippen LogP contribution in [-0.4, -0.2) is 40.6 Å². The predicted octanol–water partition coefficient (Wildman–Crippen LogP) is 5.99. The van der Waals surface area contributed by atoms with Gasteiger partial charge in [0.05, 0.1) is 18.8 Å². The molecule has 0 unspecified atom stereocenters. The highest BCUT2D eigenvalue weighted by Crippen LogP contribution is 2.38. The van der Waals surface area contributed by atoms with Gasteiger partial charge in [0, 0.05) is 45.1 Å². The lowest BCUT2D eigenvalue weighted by atomic mass is 9.99. The van der Waals surface area contributed by atoms with Crippen LogP contribution in [0, 0.1) is 0 Å². The first-order valence-electron chi connectivity index (χ1n) is 15.7. The summed E-state index contributed by atoms with van der Waals surface area (Å²) in [5, 5.41) is 12.4. The number of carbonyl (C=O) groups is 2. The van der Waals surface area contributed by atoms with Crippen molar-refractivity contribution >= 4 is 11.9 Å². The van der Waals surface area contributed by atoms with Crippen molar-refractivity contribution in [2.24, 2.45) is 0 Å². The standard InChI is InChI=1S/C38H42N2O6/c1-27(44-28(2)42)37(43)39-22-29-13-19-34(20-14-29)38-45-35(21-36(46-38)33-17-15-32(26-41)16-18-33)25-40(23-30-9-5-3-6-10-30)24-31-11-7-4-8-12-31/h3-20,27,35-36,38,41H,21-26H2,1-2H3,(H,39,43)/t27-,35-,36+,38+/m0/s1. The first-order valence-corrected chi connectivity index (χ1v) is 15.7. The molecular formula is C38H42N2O6. The fraction of sp³-hybridized carbons (Fsp3) is 0.316. The fourth-order valence-electron chi connectivity index (χ4n) is 5.62. The second-order valence-electron chi connectivity index (χ2n) is 11.7. The second kappa shape index (κ2) is 16.3. The minimum atomic E-state index is -0.857. The fourth-order valence-corrected chi connectivity index (χ4v) is 5.62. The van der Waals surface area contributed by atoms with Gasteiger partial charge in [0.2, 0.25) is 0 Å². The Morgan fingerprint density at radius 3 is 1.93 bits per heavy atom. The normalized spacial score (nSPS) is 18.6. The zero-order chi connectivity index (χ0) is 32.3. The SMILES string of the molecule is CC(=O)O[C@@H](C)C(=O)NCc1ccc([C@@H]2O[C@H](CN(Cc3ccccc3)Cc3ccccc3)C[C@H](c3ccc(CO)cc3)O2)cc1. The number of hydrogen-bond acceptors (Lipinski definition) is 7. The van der Waals surface area contributed by atoms with Crippen LogP contribution in [0.2, 0.25) is 0 Å². The number of ether oxygens (including phenoxy) is 3. The van der Waals surface area contributed by atoms with Crippen LogP contribution < -0.4 is 5.32 Å². The highest BCUT2D eigenvalue weighted by atomic mass is 16.7. The Morgan fingerprint density at radius 1 is 0.804 bits per heavy atom. The van der Waals surface area contributed by atoms with Crippen molar-refractivity contribution in [2.75, 3.05) is 6.54 Å². The quantitative estimate of drug-likeness (QED) is 0.177. The molecule has 0 spiro atoms. The zero-order valence-corrected chi connectivity index (χ0v) is 26.4. The van der Waals surface area contributed by atoms with E-state index >= 15 is 0 Å². The maximum absolute atomic E-state index is 12.3. The Kier molecular flexibility index (Phi) is 11.7. The first kappa shape index (κ1) is 33.0. The van der Waals surface area contributed by atoms with Gasteiger partial charge in [0.15, 0.2) is 12.4 Å². The van der Waals surface area contributed by atoms with Gasteiger partial charge in [0.1, 0.15) is 0 Å². The molecule has 8 nitrogen and oxygen atoms in total. The highest BCUT2D eigenvalue weighted by molar-refractivity contribution is 5.82. The molecule has 0 saturated carbocycles. The van der Waals surface area contributed by atoms with E-state index in [1.165, 1.54) is 18.1 Å². The number of hydrogen-bond donors (Lipinski definition) is 2. The van der Waals surface area contributed by atoms with Crippen LogP contribution in [-0.2, 0) is 50.0 Å². The van der Waals surface area contributed by atoms with Crippen LogP contribution in [0.15, 0.2) is 109 Å². The monoisotopic (exact) mass is 622 g/mol. The molecule has 0 radical (unpaired) electrons. The van der Waals surface area contributed by atoms with E-state index in [1.54, 1.807) is 6.92 Å². The van der Waals surface area contributed by atoms with Crippen LogP contribution in [0.3, 0.4) is 0 Å². The summed E-state index contributed by atoms with van der Waals surface area (Å²) in [5.41, 5.74) is 6.14. The Balaban J connectivity index is 1.33. The molecule has 2 N–H and O–H groups in total. The number of nitrogens with zero attached hydrogens (tertiary/aromatic N) is 1. The molecule has 1 amide bonds. The number of benzene rings is 4. The molecule has 4 aromatic carbocycles. The lowest BCUT2D eigenvalue weighted by Crippen LogP contribution is -2.39. The zero-order valence-electron chi connectivity index (χ0n) is 26.4. The van der Waals surface area contributed by atoms with E-state index in [4.69, 9.17) is 14.2 Å². The predicted molar refractivity (Wildman–Crippen MR) is 175 cm³/mol. The summed E-state index contributed by atoms with van der Waals surface area (Å²) >= 11 is 0. The van der Waals surface area contributed by atoms with Gasteiger partial charge < -0.3 is 24.6 Å². The molecule has 5 rings (SSSR count). The Bertz CT molecular complexity index is 1490. The summed E-state index contributed by atoms with van der Waals surface area (Å²) in [5.74, 6) is -0.852. The van der Waals surface area contributed by atoms with E-state index in [1.807, 2.05) is 60.7 Å². The van der Waals surface area contributed by atoms with E-state index in [9.17, 15) is 14.7 Å². The number of esters is 1. The maximum atomic E-state index is 12.3. The van der Waals surface area contributed by atoms with Gasteiger partial charge in [-0.2, -0.15) is 0 Å². The number of aliphatic hydroxyl groups excluding tert-OH is 1. The van der Waals surface area contributed by atoms with E-state index in [0.29, 0.717) is 19.5 Å². The summed E-state index contributed by atoms with van der Waals surface area (Å²) in [7, 11) is 0. The molecule has 4 aromatic rings. The van der Waals surface area contributed by atoms with Crippen molar-refractivity contribution in [3.63, 3.8) is 0 Å². The first-order chi connectivity index (χ1) is 22.4. The van der Waals surface area contributed by atoms with E-state index in [0.717, 1.165) is 35.3 Å². The molecule has 0 aromatic heterocycles. The summed E-state index contributed by atoms with van der Waals surface area (Å²) in [6.07, 6.45) is -1.09. The van der Waals surface area contributed by atoms with Crippen LogP contribution in [0.4, 0.5) is 0 Å². The summed E-state index contributed by atoms with van der Waals surface area (Å²) in [4.78, 5) is 25.9. The van der Waals surface area contributed by atoms with E-state index in [-0.39, 0.29) is 24.7 Å². The third-order valence-corrected chi connectivity index (χ3v) is 8.01. The Morgan fingerprint density at radius 2 is 1.37 bits per heavy atom. The van der Waals surface area contributed by atoms with Gasteiger partial charge in [-0.15, -0.1) is 0 Å². The summed E-state index contributed by atoms with van der Waals surface area (Å²) < 4.78 is 18.2. The largest absolute Gasteiger partial charge is 0.453 e. The van der Waals surface area contributed by atoms with Crippen molar-refractivity contribution in [1.82, 2.24) is 10.2 Å². The third kappa shape index (κ3) is 9.58. The lowest BCUT2D eigenvalue weighted by Gasteiger charge is -2.38. The van der Waals surface area contributed by atoms with Crippen molar-refractivity contribution in [3.8, 4) is 0 Å². The van der Waals surface area contributed by atoms with Crippen molar-refractivity contribution < 1.29 is 28.9 Å². The van der Waals surface area contributed by atoms with Crippen molar-refractivity contribution in [1.29, 1.82) is 0 Å². The second-order valence-corrected chi connectivity index (χ2v) is 11.7. The van der Waals surface area contributed by atoms with Gasteiger partial charge >= 0.3 is 5.97 Å². The number of carbonyl (C=O) groups excluding carboxylic acids is 2. The Hall–Kier alpha value is -4.34. The molecule has 46 heavy (non-hydrogen) atoms. The maximum Gasteiger partial charge on any atom is 0.303 e. The van der Waals surface area contributed by atoms with Crippen molar-refractivity contribution in [3.05, 3.63) is 143 Å². The minimum Gasteiger partial charge on any atom is -0.453 e. The molecule has 1 heterocycles. The topological polar surface area (TPSA) is 97.3 Å². The van der Waals surface area contributed by atoms with Gasteiger partial charge in [-0.25, -0.2) is 0 Å². The number of aliphatic hydroxyl groups is 1. The molecule has 1 aliphatic rings. The molecule has 240 valence electrons. The smallest absolute Gasteiger partial charge is 0.303 e. The molecule has 0 bridgehead atoms. The van der Waals surface area contributed by atoms with Crippen molar-refractivity contribution in [2.45, 2.75) is 71.1 Å². The van der Waals surface area contributed by atoms with Crippen LogP contribution in [0.5, 0.6) is 0 Å².